The number of carbonyl (C=O) groups is 1. The first kappa shape index (κ1) is 15.9. The lowest BCUT2D eigenvalue weighted by atomic mass is 10.1. The standard InChI is InChI=1S/C17H19FN2O2/c1-3-8-22-16-7-5-13(10-19-16)11-20-17(21)14-9-12(2)4-6-15(14)18/h4-7,9-10H,3,8,11H2,1-2H3,(H,20,21). The molecule has 1 N–H and O–H groups in total. The average molecular weight is 302 g/mol. The molecule has 0 saturated heterocycles. The molecule has 0 saturated carbocycles. The number of aryl methyl sites for hydroxylation is 1. The van der Waals surface area contributed by atoms with Crippen LogP contribution in [0.3, 0.4) is 0 Å². The summed E-state index contributed by atoms with van der Waals surface area (Å²) in [6.45, 7) is 4.74. The second kappa shape index (κ2) is 7.54. The summed E-state index contributed by atoms with van der Waals surface area (Å²) in [5.41, 5.74) is 1.71. The molecule has 0 aliphatic carbocycles. The number of benzene rings is 1. The van der Waals surface area contributed by atoms with E-state index in [0.29, 0.717) is 12.5 Å². The van der Waals surface area contributed by atoms with Gasteiger partial charge in [-0.1, -0.05) is 24.6 Å². The molecule has 4 nitrogen and oxygen atoms in total. The van der Waals surface area contributed by atoms with Crippen LogP contribution in [-0.2, 0) is 6.54 Å². The quantitative estimate of drug-likeness (QED) is 0.891. The number of nitrogens with zero attached hydrogens (tertiary/aromatic N) is 1. The summed E-state index contributed by atoms with van der Waals surface area (Å²) in [5, 5.41) is 2.69. The minimum absolute atomic E-state index is 0.0517. The van der Waals surface area contributed by atoms with E-state index in [1.807, 2.05) is 19.9 Å². The summed E-state index contributed by atoms with van der Waals surface area (Å²) in [5.74, 6) is -0.404. The van der Waals surface area contributed by atoms with Crippen LogP contribution in [0.1, 0.15) is 34.8 Å². The number of hydrogen-bond donors (Lipinski definition) is 1. The molecule has 5 heteroatoms. The van der Waals surface area contributed by atoms with E-state index in [1.165, 1.54) is 12.1 Å². The highest BCUT2D eigenvalue weighted by Crippen LogP contribution is 2.11. The Bertz CT molecular complexity index is 642. The molecule has 0 atom stereocenters. The van der Waals surface area contributed by atoms with Gasteiger partial charge in [0.2, 0.25) is 5.88 Å². The third-order valence-corrected chi connectivity index (χ3v) is 3.07. The summed E-state index contributed by atoms with van der Waals surface area (Å²) < 4.78 is 19.0. The molecular weight excluding hydrogens is 283 g/mol. The smallest absolute Gasteiger partial charge is 0.254 e. The summed E-state index contributed by atoms with van der Waals surface area (Å²) in [6.07, 6.45) is 2.55. The van der Waals surface area contributed by atoms with Gasteiger partial charge < -0.3 is 10.1 Å². The molecule has 1 aromatic carbocycles. The summed E-state index contributed by atoms with van der Waals surface area (Å²) in [7, 11) is 0. The van der Waals surface area contributed by atoms with Gasteiger partial charge in [0.1, 0.15) is 5.82 Å². The van der Waals surface area contributed by atoms with E-state index in [-0.39, 0.29) is 12.1 Å². The Hall–Kier alpha value is -2.43. The van der Waals surface area contributed by atoms with Crippen molar-refractivity contribution in [2.45, 2.75) is 26.8 Å². The fourth-order valence-electron chi connectivity index (χ4n) is 1.90. The van der Waals surface area contributed by atoms with Crippen LogP contribution in [0.15, 0.2) is 36.5 Å². The van der Waals surface area contributed by atoms with E-state index in [9.17, 15) is 9.18 Å². The van der Waals surface area contributed by atoms with Gasteiger partial charge in [-0.15, -0.1) is 0 Å². The molecule has 1 aromatic heterocycles. The molecule has 0 aliphatic rings. The maximum atomic E-state index is 13.6. The number of amides is 1. The number of hydrogen-bond acceptors (Lipinski definition) is 3. The van der Waals surface area contributed by atoms with Gasteiger partial charge in [-0.05, 0) is 31.0 Å². The number of ether oxygens (including phenoxy) is 1. The van der Waals surface area contributed by atoms with Gasteiger partial charge in [-0.25, -0.2) is 9.37 Å². The van der Waals surface area contributed by atoms with Crippen LogP contribution in [-0.4, -0.2) is 17.5 Å². The highest BCUT2D eigenvalue weighted by molar-refractivity contribution is 5.94. The Morgan fingerprint density at radius 1 is 1.32 bits per heavy atom. The maximum absolute atomic E-state index is 13.6. The highest BCUT2D eigenvalue weighted by Gasteiger charge is 2.11. The topological polar surface area (TPSA) is 51.2 Å². The summed E-state index contributed by atoms with van der Waals surface area (Å²) in [6, 6.07) is 8.04. The molecule has 0 radical (unpaired) electrons. The van der Waals surface area contributed by atoms with Gasteiger partial charge in [-0.3, -0.25) is 4.79 Å². The lowest BCUT2D eigenvalue weighted by Gasteiger charge is -2.08. The third-order valence-electron chi connectivity index (χ3n) is 3.07. The molecule has 0 fully saturated rings. The number of halogens is 1. The van der Waals surface area contributed by atoms with Crippen LogP contribution in [0.25, 0.3) is 0 Å². The SMILES string of the molecule is CCCOc1ccc(CNC(=O)c2cc(C)ccc2F)cn1. The Morgan fingerprint density at radius 2 is 2.14 bits per heavy atom. The van der Waals surface area contributed by atoms with Crippen molar-refractivity contribution in [1.82, 2.24) is 10.3 Å². The van der Waals surface area contributed by atoms with Gasteiger partial charge in [0.05, 0.1) is 12.2 Å². The monoisotopic (exact) mass is 302 g/mol. The molecule has 1 heterocycles. The number of pyridine rings is 1. The van der Waals surface area contributed by atoms with E-state index in [0.717, 1.165) is 17.5 Å². The van der Waals surface area contributed by atoms with Crippen LogP contribution >= 0.6 is 0 Å². The van der Waals surface area contributed by atoms with E-state index in [2.05, 4.69) is 10.3 Å². The fourth-order valence-corrected chi connectivity index (χ4v) is 1.90. The van der Waals surface area contributed by atoms with E-state index < -0.39 is 11.7 Å². The lowest BCUT2D eigenvalue weighted by Crippen LogP contribution is -2.24. The second-order valence-electron chi connectivity index (χ2n) is 5.02. The van der Waals surface area contributed by atoms with Crippen LogP contribution in [0.5, 0.6) is 5.88 Å². The number of nitrogens with one attached hydrogen (secondary N) is 1. The van der Waals surface area contributed by atoms with E-state index in [1.54, 1.807) is 18.3 Å². The van der Waals surface area contributed by atoms with Crippen LogP contribution in [0, 0.1) is 12.7 Å². The minimum atomic E-state index is -0.524. The van der Waals surface area contributed by atoms with Gasteiger partial charge in [-0.2, -0.15) is 0 Å². The Morgan fingerprint density at radius 3 is 2.82 bits per heavy atom. The molecule has 0 unspecified atom stereocenters. The first-order valence-electron chi connectivity index (χ1n) is 7.22. The molecule has 2 aromatic rings. The zero-order valence-electron chi connectivity index (χ0n) is 12.7. The molecule has 22 heavy (non-hydrogen) atoms. The van der Waals surface area contributed by atoms with E-state index >= 15 is 0 Å². The van der Waals surface area contributed by atoms with Crippen molar-refractivity contribution >= 4 is 5.91 Å². The molecule has 116 valence electrons. The molecule has 0 aliphatic heterocycles. The second-order valence-corrected chi connectivity index (χ2v) is 5.02. The van der Waals surface area contributed by atoms with Crippen LogP contribution in [0.4, 0.5) is 4.39 Å². The predicted octanol–water partition coefficient (Wildman–Crippen LogP) is 3.25. The molecule has 0 bridgehead atoms. The van der Waals surface area contributed by atoms with Gasteiger partial charge in [0, 0.05) is 18.8 Å². The molecule has 1 amide bonds. The minimum Gasteiger partial charge on any atom is -0.478 e. The van der Waals surface area contributed by atoms with Crippen molar-refractivity contribution in [2.24, 2.45) is 0 Å². The van der Waals surface area contributed by atoms with Gasteiger partial charge >= 0.3 is 0 Å². The molecule has 0 spiro atoms. The maximum Gasteiger partial charge on any atom is 0.254 e. The van der Waals surface area contributed by atoms with Crippen molar-refractivity contribution in [3.8, 4) is 5.88 Å². The van der Waals surface area contributed by atoms with Crippen molar-refractivity contribution in [3.63, 3.8) is 0 Å². The van der Waals surface area contributed by atoms with E-state index in [4.69, 9.17) is 4.74 Å². The first-order valence-corrected chi connectivity index (χ1v) is 7.22. The zero-order valence-corrected chi connectivity index (χ0v) is 12.7. The zero-order chi connectivity index (χ0) is 15.9. The Labute approximate surface area is 129 Å². The highest BCUT2D eigenvalue weighted by atomic mass is 19.1. The Balaban J connectivity index is 1.94. The van der Waals surface area contributed by atoms with Crippen molar-refractivity contribution in [1.29, 1.82) is 0 Å². The first-order chi connectivity index (χ1) is 10.6. The Kier molecular flexibility index (Phi) is 5.47. The predicted molar refractivity (Wildman–Crippen MR) is 82.3 cm³/mol. The van der Waals surface area contributed by atoms with Crippen molar-refractivity contribution in [2.75, 3.05) is 6.61 Å². The van der Waals surface area contributed by atoms with Crippen LogP contribution in [0.2, 0.25) is 0 Å². The summed E-state index contributed by atoms with van der Waals surface area (Å²) >= 11 is 0. The molecule has 2 rings (SSSR count). The lowest BCUT2D eigenvalue weighted by molar-refractivity contribution is 0.0946. The summed E-state index contributed by atoms with van der Waals surface area (Å²) in [4.78, 5) is 16.2. The number of rotatable bonds is 6. The van der Waals surface area contributed by atoms with Crippen molar-refractivity contribution in [3.05, 3.63) is 59.0 Å². The van der Waals surface area contributed by atoms with Crippen LogP contribution < -0.4 is 10.1 Å². The molecular formula is C17H19FN2O2. The fraction of sp³-hybridized carbons (Fsp3) is 0.294. The van der Waals surface area contributed by atoms with Gasteiger partial charge in [0.25, 0.3) is 5.91 Å². The largest absolute Gasteiger partial charge is 0.478 e. The average Bonchev–Trinajstić information content (AvgIpc) is 2.54. The number of aromatic nitrogens is 1. The number of carbonyl (C=O) groups excluding carboxylic acids is 1. The van der Waals surface area contributed by atoms with Crippen molar-refractivity contribution < 1.29 is 13.9 Å². The normalized spacial score (nSPS) is 10.3. The third kappa shape index (κ3) is 4.28. The van der Waals surface area contributed by atoms with Gasteiger partial charge in [0.15, 0.2) is 0 Å².